The number of hydrogen-bond acceptors (Lipinski definition) is 1. The average molecular weight is 237 g/mol. The summed E-state index contributed by atoms with van der Waals surface area (Å²) in [5, 5.41) is 0. The normalized spacial score (nSPS) is 22.6. The Hall–Kier alpha value is -1.60. The van der Waals surface area contributed by atoms with Gasteiger partial charge in [-0.1, -0.05) is 54.1 Å². The molecule has 0 saturated heterocycles. The fourth-order valence-electron chi connectivity index (χ4n) is 2.97. The first-order valence-corrected chi connectivity index (χ1v) is 6.64. The van der Waals surface area contributed by atoms with Crippen LogP contribution in [-0.4, -0.2) is 6.04 Å². The Balaban J connectivity index is 2.04. The molecule has 2 aromatic rings. The lowest BCUT2D eigenvalue weighted by Gasteiger charge is -2.30. The fraction of sp³-hybridized carbons (Fsp3) is 0.294. The van der Waals surface area contributed by atoms with Gasteiger partial charge in [0, 0.05) is 12.0 Å². The highest BCUT2D eigenvalue weighted by Crippen LogP contribution is 2.36. The van der Waals surface area contributed by atoms with Gasteiger partial charge in [-0.15, -0.1) is 0 Å². The van der Waals surface area contributed by atoms with Gasteiger partial charge in [-0.25, -0.2) is 0 Å². The van der Waals surface area contributed by atoms with Crippen LogP contribution in [0.4, 0.5) is 0 Å². The summed E-state index contributed by atoms with van der Waals surface area (Å²) in [7, 11) is 0. The summed E-state index contributed by atoms with van der Waals surface area (Å²) in [6, 6.07) is 17.9. The molecule has 0 bridgehead atoms. The third kappa shape index (κ3) is 2.06. The Bertz CT molecular complexity index is 542. The number of rotatable bonds is 1. The number of hydrogen-bond donors (Lipinski definition) is 1. The number of aryl methyl sites for hydroxylation is 1. The minimum atomic E-state index is 0.284. The highest BCUT2D eigenvalue weighted by atomic mass is 14.6. The van der Waals surface area contributed by atoms with E-state index in [0.29, 0.717) is 5.92 Å². The summed E-state index contributed by atoms with van der Waals surface area (Å²) in [4.78, 5) is 0. The van der Waals surface area contributed by atoms with Crippen LogP contribution in [0, 0.1) is 6.92 Å². The quantitative estimate of drug-likeness (QED) is 0.808. The smallest absolute Gasteiger partial charge is 0.0107 e. The molecule has 1 heteroatoms. The number of fused-ring (bicyclic) bond motifs is 1. The molecule has 0 unspecified atom stereocenters. The third-order valence-electron chi connectivity index (χ3n) is 3.93. The van der Waals surface area contributed by atoms with E-state index in [0.717, 1.165) is 12.8 Å². The van der Waals surface area contributed by atoms with Gasteiger partial charge in [-0.2, -0.15) is 0 Å². The Kier molecular flexibility index (Phi) is 2.92. The maximum atomic E-state index is 6.21. The molecular weight excluding hydrogens is 218 g/mol. The Morgan fingerprint density at radius 3 is 2.50 bits per heavy atom. The zero-order valence-corrected chi connectivity index (χ0v) is 10.8. The van der Waals surface area contributed by atoms with Gasteiger partial charge in [-0.05, 0) is 36.5 Å². The molecule has 1 nitrogen and oxygen atoms in total. The Labute approximate surface area is 109 Å². The van der Waals surface area contributed by atoms with Crippen molar-refractivity contribution in [3.63, 3.8) is 0 Å². The van der Waals surface area contributed by atoms with Crippen LogP contribution >= 0.6 is 0 Å². The molecule has 2 aromatic carbocycles. The van der Waals surface area contributed by atoms with Gasteiger partial charge in [0.05, 0.1) is 0 Å². The fourth-order valence-corrected chi connectivity index (χ4v) is 2.97. The molecule has 0 aromatic heterocycles. The van der Waals surface area contributed by atoms with E-state index in [-0.39, 0.29) is 6.04 Å². The Morgan fingerprint density at radius 1 is 1.00 bits per heavy atom. The molecule has 2 atom stereocenters. The molecule has 2 N–H and O–H groups in total. The van der Waals surface area contributed by atoms with Crippen molar-refractivity contribution < 1.29 is 0 Å². The van der Waals surface area contributed by atoms with Crippen LogP contribution in [0.5, 0.6) is 0 Å². The largest absolute Gasteiger partial charge is 0.327 e. The average Bonchev–Trinajstić information content (AvgIpc) is 2.38. The molecule has 0 radical (unpaired) electrons. The van der Waals surface area contributed by atoms with E-state index in [4.69, 9.17) is 5.73 Å². The highest BCUT2D eigenvalue weighted by molar-refractivity contribution is 5.41. The molecule has 0 spiro atoms. The minimum Gasteiger partial charge on any atom is -0.327 e. The van der Waals surface area contributed by atoms with Crippen LogP contribution in [0.25, 0.3) is 0 Å². The highest BCUT2D eigenvalue weighted by Gasteiger charge is 2.25. The maximum Gasteiger partial charge on any atom is 0.0107 e. The summed E-state index contributed by atoms with van der Waals surface area (Å²) in [6.45, 7) is 2.13. The van der Waals surface area contributed by atoms with Gasteiger partial charge in [0.2, 0.25) is 0 Å². The monoisotopic (exact) mass is 237 g/mol. The van der Waals surface area contributed by atoms with Crippen molar-refractivity contribution in [2.24, 2.45) is 5.73 Å². The van der Waals surface area contributed by atoms with Crippen molar-refractivity contribution in [2.75, 3.05) is 0 Å². The second-order valence-electron chi connectivity index (χ2n) is 5.36. The van der Waals surface area contributed by atoms with E-state index in [2.05, 4.69) is 55.5 Å². The van der Waals surface area contributed by atoms with Gasteiger partial charge >= 0.3 is 0 Å². The summed E-state index contributed by atoms with van der Waals surface area (Å²) in [5.74, 6) is 0.463. The summed E-state index contributed by atoms with van der Waals surface area (Å²) in [5.41, 5.74) is 11.8. The van der Waals surface area contributed by atoms with Crippen LogP contribution < -0.4 is 5.73 Å². The van der Waals surface area contributed by atoms with E-state index in [1.165, 1.54) is 22.3 Å². The number of benzene rings is 2. The van der Waals surface area contributed by atoms with Crippen molar-refractivity contribution in [3.8, 4) is 0 Å². The molecule has 3 rings (SSSR count). The van der Waals surface area contributed by atoms with Crippen molar-refractivity contribution in [2.45, 2.75) is 31.7 Å². The maximum absolute atomic E-state index is 6.21. The van der Waals surface area contributed by atoms with Crippen molar-refractivity contribution >= 4 is 0 Å². The summed E-state index contributed by atoms with van der Waals surface area (Å²) >= 11 is 0. The van der Waals surface area contributed by atoms with Gasteiger partial charge in [0.1, 0.15) is 0 Å². The predicted octanol–water partition coefficient (Wildman–Crippen LogP) is 3.40. The number of nitrogens with two attached hydrogens (primary N) is 1. The first-order chi connectivity index (χ1) is 8.74. The lowest BCUT2D eigenvalue weighted by molar-refractivity contribution is 0.531. The predicted molar refractivity (Wildman–Crippen MR) is 75.8 cm³/mol. The first kappa shape index (κ1) is 11.5. The van der Waals surface area contributed by atoms with Gasteiger partial charge in [-0.3, -0.25) is 0 Å². The second kappa shape index (κ2) is 4.58. The topological polar surface area (TPSA) is 26.0 Å². The van der Waals surface area contributed by atoms with Crippen molar-refractivity contribution in [1.29, 1.82) is 0 Å². The standard InChI is InChI=1S/C17H19N/c1-12-6-8-13(9-7-12)17-11-15(18)10-14-4-2-3-5-16(14)17/h2-9,15,17H,10-11,18H2,1H3/t15-,17-/m0/s1. The van der Waals surface area contributed by atoms with E-state index >= 15 is 0 Å². The zero-order valence-electron chi connectivity index (χ0n) is 10.8. The van der Waals surface area contributed by atoms with E-state index in [1.807, 2.05) is 0 Å². The lowest BCUT2D eigenvalue weighted by atomic mass is 9.77. The summed E-state index contributed by atoms with van der Waals surface area (Å²) < 4.78 is 0. The van der Waals surface area contributed by atoms with Crippen LogP contribution in [-0.2, 0) is 6.42 Å². The van der Waals surface area contributed by atoms with E-state index in [9.17, 15) is 0 Å². The van der Waals surface area contributed by atoms with E-state index < -0.39 is 0 Å². The molecule has 1 aliphatic rings. The zero-order chi connectivity index (χ0) is 12.5. The lowest BCUT2D eigenvalue weighted by Crippen LogP contribution is -2.30. The van der Waals surface area contributed by atoms with Crippen LogP contribution in [0.15, 0.2) is 48.5 Å². The molecule has 0 amide bonds. The molecule has 18 heavy (non-hydrogen) atoms. The summed E-state index contributed by atoms with van der Waals surface area (Å²) in [6.07, 6.45) is 2.07. The molecular formula is C17H19N. The minimum absolute atomic E-state index is 0.284. The van der Waals surface area contributed by atoms with Crippen molar-refractivity contribution in [3.05, 3.63) is 70.8 Å². The molecule has 0 aliphatic heterocycles. The van der Waals surface area contributed by atoms with Gasteiger partial charge in [0.25, 0.3) is 0 Å². The van der Waals surface area contributed by atoms with Crippen molar-refractivity contribution in [1.82, 2.24) is 0 Å². The van der Waals surface area contributed by atoms with Gasteiger partial charge < -0.3 is 5.73 Å². The third-order valence-corrected chi connectivity index (χ3v) is 3.93. The van der Waals surface area contributed by atoms with Crippen LogP contribution in [0.3, 0.4) is 0 Å². The molecule has 0 saturated carbocycles. The SMILES string of the molecule is Cc1ccc([C@@H]2C[C@@H](N)Cc3ccccc32)cc1. The molecule has 92 valence electrons. The van der Waals surface area contributed by atoms with Crippen LogP contribution in [0.2, 0.25) is 0 Å². The van der Waals surface area contributed by atoms with Crippen LogP contribution in [0.1, 0.15) is 34.6 Å². The molecule has 1 aliphatic carbocycles. The first-order valence-electron chi connectivity index (χ1n) is 6.64. The molecule has 0 heterocycles. The molecule has 0 fully saturated rings. The second-order valence-corrected chi connectivity index (χ2v) is 5.36. The van der Waals surface area contributed by atoms with Gasteiger partial charge in [0.15, 0.2) is 0 Å². The van der Waals surface area contributed by atoms with E-state index in [1.54, 1.807) is 0 Å². The Morgan fingerprint density at radius 2 is 1.72 bits per heavy atom.